The van der Waals surface area contributed by atoms with Crippen LogP contribution in [-0.2, 0) is 4.79 Å². The van der Waals surface area contributed by atoms with Gasteiger partial charge in [-0.15, -0.1) is 0 Å². The van der Waals surface area contributed by atoms with E-state index in [2.05, 4.69) is 13.0 Å². The van der Waals surface area contributed by atoms with E-state index in [1.807, 2.05) is 0 Å². The molecule has 0 N–H and O–H groups in total. The molecule has 0 fully saturated rings. The predicted molar refractivity (Wildman–Crippen MR) is 59.2 cm³/mol. The Morgan fingerprint density at radius 2 is 2.38 bits per heavy atom. The average Bonchev–Trinajstić information content (AvgIpc) is 2.19. The molecule has 0 heterocycles. The van der Waals surface area contributed by atoms with Crippen molar-refractivity contribution in [3.63, 3.8) is 0 Å². The molecule has 0 saturated carbocycles. The Bertz CT molecular complexity index is 196. The fourth-order valence-corrected chi connectivity index (χ4v) is 2.30. The highest BCUT2D eigenvalue weighted by molar-refractivity contribution is 7.99. The first-order valence-corrected chi connectivity index (χ1v) is 6.30. The number of allylic oxidation sites excluding steroid dienone is 2. The van der Waals surface area contributed by atoms with Crippen molar-refractivity contribution < 1.29 is 4.79 Å². The molecule has 13 heavy (non-hydrogen) atoms. The van der Waals surface area contributed by atoms with Crippen LogP contribution in [0.4, 0.5) is 0 Å². The van der Waals surface area contributed by atoms with Crippen LogP contribution in [0.25, 0.3) is 0 Å². The fourth-order valence-electron chi connectivity index (χ4n) is 1.49. The van der Waals surface area contributed by atoms with Gasteiger partial charge in [-0.05, 0) is 43.4 Å². The van der Waals surface area contributed by atoms with Crippen LogP contribution in [-0.4, -0.2) is 17.3 Å². The molecule has 1 aliphatic rings. The second-order valence-electron chi connectivity index (χ2n) is 3.45. The van der Waals surface area contributed by atoms with Crippen molar-refractivity contribution in [3.8, 4) is 0 Å². The number of carbonyl (C=O) groups excluding carboxylic acids is 1. The highest BCUT2D eigenvalue weighted by atomic mass is 32.2. The molecule has 0 radical (unpaired) electrons. The maximum absolute atomic E-state index is 11.6. The Balaban J connectivity index is 2.25. The van der Waals surface area contributed by atoms with E-state index in [0.29, 0.717) is 11.5 Å². The lowest BCUT2D eigenvalue weighted by atomic mass is 9.97. The summed E-state index contributed by atoms with van der Waals surface area (Å²) in [5.41, 5.74) is 1.09. The van der Waals surface area contributed by atoms with E-state index in [1.54, 1.807) is 11.8 Å². The standard InChI is InChI=1S/C11H18OS/c1-2-8-13-9-11(12)10-6-4-3-5-7-10/h6H,2-5,7-9H2,1H3. The zero-order valence-electron chi connectivity index (χ0n) is 8.34. The molecule has 1 nitrogen and oxygen atoms in total. The molecule has 0 aliphatic heterocycles. The lowest BCUT2D eigenvalue weighted by Crippen LogP contribution is -2.08. The third kappa shape index (κ3) is 3.99. The predicted octanol–water partition coefficient (Wildman–Crippen LogP) is 3.20. The SMILES string of the molecule is CCCSCC(=O)C1=CCCCC1. The molecule has 0 spiro atoms. The lowest BCUT2D eigenvalue weighted by molar-refractivity contribution is -0.113. The molecule has 0 atom stereocenters. The van der Waals surface area contributed by atoms with Crippen molar-refractivity contribution in [2.24, 2.45) is 0 Å². The first kappa shape index (κ1) is 10.8. The molecule has 0 saturated heterocycles. The molecule has 0 unspecified atom stereocenters. The first-order chi connectivity index (χ1) is 6.34. The van der Waals surface area contributed by atoms with E-state index in [9.17, 15) is 4.79 Å². The number of Topliss-reactive ketones (excluding diaryl/α,β-unsaturated/α-hetero) is 1. The summed E-state index contributed by atoms with van der Waals surface area (Å²) in [7, 11) is 0. The number of carbonyl (C=O) groups is 1. The Morgan fingerprint density at radius 3 is 3.00 bits per heavy atom. The Morgan fingerprint density at radius 1 is 1.54 bits per heavy atom. The van der Waals surface area contributed by atoms with E-state index < -0.39 is 0 Å². The minimum Gasteiger partial charge on any atom is -0.294 e. The number of ketones is 1. The van der Waals surface area contributed by atoms with Crippen LogP contribution in [0.5, 0.6) is 0 Å². The van der Waals surface area contributed by atoms with Gasteiger partial charge in [-0.25, -0.2) is 0 Å². The van der Waals surface area contributed by atoms with E-state index in [-0.39, 0.29) is 0 Å². The van der Waals surface area contributed by atoms with E-state index in [0.717, 1.165) is 30.6 Å². The van der Waals surface area contributed by atoms with Gasteiger partial charge in [0, 0.05) is 0 Å². The van der Waals surface area contributed by atoms with Crippen LogP contribution in [0.3, 0.4) is 0 Å². The summed E-state index contributed by atoms with van der Waals surface area (Å²) in [6.45, 7) is 2.15. The van der Waals surface area contributed by atoms with Crippen molar-refractivity contribution in [2.75, 3.05) is 11.5 Å². The van der Waals surface area contributed by atoms with Crippen LogP contribution in [0, 0.1) is 0 Å². The average molecular weight is 198 g/mol. The van der Waals surface area contributed by atoms with Gasteiger partial charge in [0.05, 0.1) is 5.75 Å². The van der Waals surface area contributed by atoms with Gasteiger partial charge < -0.3 is 0 Å². The topological polar surface area (TPSA) is 17.1 Å². The van der Waals surface area contributed by atoms with Crippen LogP contribution >= 0.6 is 11.8 Å². The second kappa shape index (κ2) is 6.25. The number of hydrogen-bond acceptors (Lipinski definition) is 2. The third-order valence-electron chi connectivity index (χ3n) is 2.23. The summed E-state index contributed by atoms with van der Waals surface area (Å²) >= 11 is 1.76. The monoisotopic (exact) mass is 198 g/mol. The Hall–Kier alpha value is -0.240. The summed E-state index contributed by atoms with van der Waals surface area (Å²) in [4.78, 5) is 11.6. The highest BCUT2D eigenvalue weighted by Gasteiger charge is 2.11. The van der Waals surface area contributed by atoms with Gasteiger partial charge in [-0.2, -0.15) is 11.8 Å². The lowest BCUT2D eigenvalue weighted by Gasteiger charge is -2.10. The smallest absolute Gasteiger partial charge is 0.168 e. The summed E-state index contributed by atoms with van der Waals surface area (Å²) < 4.78 is 0. The summed E-state index contributed by atoms with van der Waals surface area (Å²) in [5, 5.41) is 0. The minimum atomic E-state index is 0.373. The third-order valence-corrected chi connectivity index (χ3v) is 3.39. The first-order valence-electron chi connectivity index (χ1n) is 5.14. The second-order valence-corrected chi connectivity index (χ2v) is 4.56. The van der Waals surface area contributed by atoms with Crippen LogP contribution in [0.15, 0.2) is 11.6 Å². The zero-order valence-corrected chi connectivity index (χ0v) is 9.16. The van der Waals surface area contributed by atoms with Crippen molar-refractivity contribution in [1.82, 2.24) is 0 Å². The number of hydrogen-bond donors (Lipinski definition) is 0. The molecular formula is C11H18OS. The largest absolute Gasteiger partial charge is 0.294 e. The highest BCUT2D eigenvalue weighted by Crippen LogP contribution is 2.19. The molecule has 0 bridgehead atoms. The maximum Gasteiger partial charge on any atom is 0.168 e. The quantitative estimate of drug-likeness (QED) is 0.631. The number of rotatable bonds is 5. The normalized spacial score (nSPS) is 16.8. The fraction of sp³-hybridized carbons (Fsp3) is 0.727. The number of thioether (sulfide) groups is 1. The molecule has 1 aliphatic carbocycles. The molecule has 74 valence electrons. The maximum atomic E-state index is 11.6. The van der Waals surface area contributed by atoms with Gasteiger partial charge in [-0.3, -0.25) is 4.79 Å². The van der Waals surface area contributed by atoms with Gasteiger partial charge in [-0.1, -0.05) is 13.0 Å². The minimum absolute atomic E-state index is 0.373. The molecule has 0 aromatic carbocycles. The molecule has 2 heteroatoms. The van der Waals surface area contributed by atoms with Crippen LogP contribution in [0.2, 0.25) is 0 Å². The van der Waals surface area contributed by atoms with Gasteiger partial charge in [0.2, 0.25) is 0 Å². The van der Waals surface area contributed by atoms with Crippen molar-refractivity contribution in [1.29, 1.82) is 0 Å². The molecule has 0 aromatic heterocycles. The van der Waals surface area contributed by atoms with Crippen molar-refractivity contribution >= 4 is 17.5 Å². The van der Waals surface area contributed by atoms with E-state index in [4.69, 9.17) is 0 Å². The summed E-state index contributed by atoms with van der Waals surface area (Å²) in [6.07, 6.45) is 7.90. The van der Waals surface area contributed by atoms with Gasteiger partial charge in [0.15, 0.2) is 5.78 Å². The van der Waals surface area contributed by atoms with Gasteiger partial charge in [0.1, 0.15) is 0 Å². The summed E-state index contributed by atoms with van der Waals surface area (Å²) in [6, 6.07) is 0. The van der Waals surface area contributed by atoms with Crippen LogP contribution in [0.1, 0.15) is 39.0 Å². The molecular weight excluding hydrogens is 180 g/mol. The Labute approximate surface area is 85.0 Å². The molecule has 0 amide bonds. The van der Waals surface area contributed by atoms with Gasteiger partial charge in [0.25, 0.3) is 0 Å². The van der Waals surface area contributed by atoms with Crippen LogP contribution < -0.4 is 0 Å². The van der Waals surface area contributed by atoms with E-state index in [1.165, 1.54) is 12.8 Å². The summed E-state index contributed by atoms with van der Waals surface area (Å²) in [5.74, 6) is 2.18. The van der Waals surface area contributed by atoms with E-state index >= 15 is 0 Å². The zero-order chi connectivity index (χ0) is 9.52. The molecule has 0 aromatic rings. The van der Waals surface area contributed by atoms with Crippen molar-refractivity contribution in [2.45, 2.75) is 39.0 Å². The molecule has 1 rings (SSSR count). The van der Waals surface area contributed by atoms with Gasteiger partial charge >= 0.3 is 0 Å². The Kier molecular flexibility index (Phi) is 5.21. The van der Waals surface area contributed by atoms with Crippen molar-refractivity contribution in [3.05, 3.63) is 11.6 Å².